The van der Waals surface area contributed by atoms with Crippen LogP contribution < -0.4 is 10.2 Å². The minimum Gasteiger partial charge on any atom is -0.371 e. The summed E-state index contributed by atoms with van der Waals surface area (Å²) < 4.78 is 29.5. The summed E-state index contributed by atoms with van der Waals surface area (Å²) in [6.45, 7) is 3.13. The monoisotopic (exact) mass is 320 g/mol. The molecule has 23 heavy (non-hydrogen) atoms. The minimum absolute atomic E-state index is 0.275. The van der Waals surface area contributed by atoms with Crippen LogP contribution in [0.5, 0.6) is 0 Å². The summed E-state index contributed by atoms with van der Waals surface area (Å²) in [6.07, 6.45) is 4.91. The maximum absolute atomic E-state index is 13.9. The van der Waals surface area contributed by atoms with E-state index in [1.807, 2.05) is 6.20 Å². The number of rotatable bonds is 5. The molecule has 5 nitrogen and oxygen atoms in total. The molecule has 0 bridgehead atoms. The summed E-state index contributed by atoms with van der Waals surface area (Å²) >= 11 is 0. The lowest BCUT2D eigenvalue weighted by atomic mass is 10.2. The van der Waals surface area contributed by atoms with E-state index in [1.54, 1.807) is 10.9 Å². The highest BCUT2D eigenvalue weighted by Crippen LogP contribution is 2.28. The second-order valence-corrected chi connectivity index (χ2v) is 5.54. The number of hydrogen-bond donors (Lipinski definition) is 1. The number of halogens is 2. The number of carbonyl (C=O) groups excluding carboxylic acids is 1. The Bertz CT molecular complexity index is 696. The molecule has 0 unspecified atom stereocenters. The minimum atomic E-state index is -0.727. The fourth-order valence-electron chi connectivity index (χ4n) is 2.77. The standard InChI is InChI=1S/C16H18F2N4O/c1-2-7-21-10-11(9-19-21)20-14-6-8-22(16(14)23)15-12(17)4-3-5-13(15)18/h3-5,9-10,14,20H,2,6-8H2,1H3/t14-/m0/s1. The van der Waals surface area contributed by atoms with Gasteiger partial charge in [0.25, 0.3) is 0 Å². The van der Waals surface area contributed by atoms with Crippen LogP contribution in [0.2, 0.25) is 0 Å². The molecule has 1 aromatic heterocycles. The molecule has 0 spiro atoms. The van der Waals surface area contributed by atoms with E-state index in [0.29, 0.717) is 6.42 Å². The van der Waals surface area contributed by atoms with Crippen LogP contribution in [0.25, 0.3) is 0 Å². The lowest BCUT2D eigenvalue weighted by molar-refractivity contribution is -0.117. The van der Waals surface area contributed by atoms with Crippen LogP contribution in [0.15, 0.2) is 30.6 Å². The summed E-state index contributed by atoms with van der Waals surface area (Å²) in [6, 6.07) is 3.09. The number of aromatic nitrogens is 2. The molecule has 1 saturated heterocycles. The Hall–Kier alpha value is -2.44. The van der Waals surface area contributed by atoms with Gasteiger partial charge in [0, 0.05) is 19.3 Å². The van der Waals surface area contributed by atoms with E-state index in [-0.39, 0.29) is 18.1 Å². The Kier molecular flexibility index (Phi) is 4.27. The van der Waals surface area contributed by atoms with Crippen molar-refractivity contribution in [2.45, 2.75) is 32.4 Å². The van der Waals surface area contributed by atoms with Gasteiger partial charge in [0.2, 0.25) is 5.91 Å². The van der Waals surface area contributed by atoms with Crippen LogP contribution in [0.1, 0.15) is 19.8 Å². The normalized spacial score (nSPS) is 17.8. The zero-order valence-corrected chi connectivity index (χ0v) is 12.8. The van der Waals surface area contributed by atoms with Crippen molar-refractivity contribution in [3.8, 4) is 0 Å². The second kappa shape index (κ2) is 6.36. The Morgan fingerprint density at radius 2 is 2.09 bits per heavy atom. The summed E-state index contributed by atoms with van der Waals surface area (Å²) in [5.74, 6) is -1.79. The highest BCUT2D eigenvalue weighted by Gasteiger charge is 2.35. The number of nitrogens with zero attached hydrogens (tertiary/aromatic N) is 3. The van der Waals surface area contributed by atoms with E-state index < -0.39 is 17.7 Å². The molecule has 1 aliphatic heterocycles. The SMILES string of the molecule is CCCn1cc(N[C@H]2CCN(c3c(F)cccc3F)C2=O)cn1. The third-order valence-corrected chi connectivity index (χ3v) is 3.84. The van der Waals surface area contributed by atoms with Crippen molar-refractivity contribution in [3.05, 3.63) is 42.2 Å². The van der Waals surface area contributed by atoms with Crippen molar-refractivity contribution in [1.82, 2.24) is 9.78 Å². The van der Waals surface area contributed by atoms with Gasteiger partial charge in [-0.25, -0.2) is 8.78 Å². The third kappa shape index (κ3) is 3.04. The molecule has 2 aromatic rings. The quantitative estimate of drug-likeness (QED) is 0.921. The molecule has 122 valence electrons. The van der Waals surface area contributed by atoms with Gasteiger partial charge in [-0.3, -0.25) is 9.48 Å². The summed E-state index contributed by atoms with van der Waals surface area (Å²) in [5.41, 5.74) is 0.455. The zero-order chi connectivity index (χ0) is 16.4. The zero-order valence-electron chi connectivity index (χ0n) is 12.8. The molecule has 1 atom stereocenters. The Balaban J connectivity index is 1.73. The Morgan fingerprint density at radius 1 is 1.35 bits per heavy atom. The predicted octanol–water partition coefficient (Wildman–Crippen LogP) is 2.79. The highest BCUT2D eigenvalue weighted by atomic mass is 19.1. The van der Waals surface area contributed by atoms with Crippen LogP contribution in [0.4, 0.5) is 20.2 Å². The van der Waals surface area contributed by atoms with Gasteiger partial charge in [-0.2, -0.15) is 5.10 Å². The van der Waals surface area contributed by atoms with Gasteiger partial charge >= 0.3 is 0 Å². The van der Waals surface area contributed by atoms with Crippen LogP contribution in [-0.2, 0) is 11.3 Å². The van der Waals surface area contributed by atoms with Gasteiger partial charge in [0.1, 0.15) is 23.4 Å². The number of para-hydroxylation sites is 1. The van der Waals surface area contributed by atoms with Crippen LogP contribution in [0.3, 0.4) is 0 Å². The molecule has 2 heterocycles. The largest absolute Gasteiger partial charge is 0.371 e. The van der Waals surface area contributed by atoms with Crippen LogP contribution in [0, 0.1) is 11.6 Å². The van der Waals surface area contributed by atoms with Crippen molar-refractivity contribution in [3.63, 3.8) is 0 Å². The first-order valence-electron chi connectivity index (χ1n) is 7.64. The topological polar surface area (TPSA) is 50.2 Å². The number of anilines is 2. The fraction of sp³-hybridized carbons (Fsp3) is 0.375. The van der Waals surface area contributed by atoms with Crippen molar-refractivity contribution in [2.24, 2.45) is 0 Å². The van der Waals surface area contributed by atoms with E-state index in [9.17, 15) is 13.6 Å². The van der Waals surface area contributed by atoms with Gasteiger partial charge in [0.15, 0.2) is 0 Å². The van der Waals surface area contributed by atoms with Crippen molar-refractivity contribution in [2.75, 3.05) is 16.8 Å². The molecule has 0 radical (unpaired) electrons. The van der Waals surface area contributed by atoms with Gasteiger partial charge in [-0.15, -0.1) is 0 Å². The van der Waals surface area contributed by atoms with E-state index in [1.165, 1.54) is 11.0 Å². The number of hydrogen-bond acceptors (Lipinski definition) is 3. The average Bonchev–Trinajstić information content (AvgIpc) is 3.09. The molecule has 0 aliphatic carbocycles. The first kappa shape index (κ1) is 15.5. The maximum Gasteiger partial charge on any atom is 0.249 e. The first-order chi connectivity index (χ1) is 11.1. The smallest absolute Gasteiger partial charge is 0.249 e. The number of nitrogens with one attached hydrogen (secondary N) is 1. The Morgan fingerprint density at radius 3 is 2.78 bits per heavy atom. The molecule has 3 rings (SSSR count). The molecule has 1 amide bonds. The first-order valence-corrected chi connectivity index (χ1v) is 7.64. The molecule has 0 saturated carbocycles. The second-order valence-electron chi connectivity index (χ2n) is 5.54. The van der Waals surface area contributed by atoms with Gasteiger partial charge < -0.3 is 10.2 Å². The van der Waals surface area contributed by atoms with Crippen LogP contribution >= 0.6 is 0 Å². The van der Waals surface area contributed by atoms with Crippen molar-refractivity contribution >= 4 is 17.3 Å². The fourth-order valence-corrected chi connectivity index (χ4v) is 2.77. The maximum atomic E-state index is 13.9. The average molecular weight is 320 g/mol. The lowest BCUT2D eigenvalue weighted by Crippen LogP contribution is -2.34. The van der Waals surface area contributed by atoms with E-state index in [0.717, 1.165) is 30.8 Å². The predicted molar refractivity (Wildman–Crippen MR) is 83.3 cm³/mol. The number of carbonyl (C=O) groups is 1. The molecule has 1 N–H and O–H groups in total. The van der Waals surface area contributed by atoms with Gasteiger partial charge in [0.05, 0.1) is 11.9 Å². The lowest BCUT2D eigenvalue weighted by Gasteiger charge is -2.18. The highest BCUT2D eigenvalue weighted by molar-refractivity contribution is 6.01. The van der Waals surface area contributed by atoms with Crippen LogP contribution in [-0.4, -0.2) is 28.3 Å². The number of aryl methyl sites for hydroxylation is 1. The molecule has 1 aliphatic rings. The van der Waals surface area contributed by atoms with Crippen molar-refractivity contribution < 1.29 is 13.6 Å². The van der Waals surface area contributed by atoms with E-state index in [2.05, 4.69) is 17.3 Å². The van der Waals surface area contributed by atoms with E-state index >= 15 is 0 Å². The van der Waals surface area contributed by atoms with Gasteiger partial charge in [-0.05, 0) is 25.0 Å². The number of benzene rings is 1. The third-order valence-electron chi connectivity index (χ3n) is 3.84. The summed E-state index contributed by atoms with van der Waals surface area (Å²) in [5, 5.41) is 7.28. The Labute approximate surface area is 132 Å². The molecular weight excluding hydrogens is 302 g/mol. The summed E-state index contributed by atoms with van der Waals surface area (Å²) in [4.78, 5) is 13.6. The number of amides is 1. The van der Waals surface area contributed by atoms with E-state index in [4.69, 9.17) is 0 Å². The molecule has 1 aromatic carbocycles. The summed E-state index contributed by atoms with van der Waals surface area (Å²) in [7, 11) is 0. The molecular formula is C16H18F2N4O. The van der Waals surface area contributed by atoms with Crippen molar-refractivity contribution in [1.29, 1.82) is 0 Å². The van der Waals surface area contributed by atoms with Gasteiger partial charge in [-0.1, -0.05) is 13.0 Å². The molecule has 1 fully saturated rings. The molecule has 7 heteroatoms.